The molecule has 0 saturated heterocycles. The van der Waals surface area contributed by atoms with Crippen molar-refractivity contribution in [2.75, 3.05) is 13.2 Å². The molecule has 0 atom stereocenters. The third-order valence-corrected chi connectivity index (χ3v) is 4.48. The fourth-order valence-electron chi connectivity index (χ4n) is 3.04. The second kappa shape index (κ2) is 10.1. The first-order chi connectivity index (χ1) is 12.4. The smallest absolute Gasteiger partial charge is 0.416 e. The van der Waals surface area contributed by atoms with Gasteiger partial charge in [0, 0.05) is 6.42 Å². The standard InChI is InChI=1S/C20H24F3NO2/c21-20(22,23)17-9-6-10-18(15-17)26-14-5-4-13-24-19(25)12-11-16-7-2-1-3-8-16/h6,9-10,15-16H,1-3,7-8,11-14H2,(H,24,25). The van der Waals surface area contributed by atoms with Crippen molar-refractivity contribution >= 4 is 5.91 Å². The number of amides is 1. The van der Waals surface area contributed by atoms with Gasteiger partial charge in [0.05, 0.1) is 12.1 Å². The van der Waals surface area contributed by atoms with E-state index >= 15 is 0 Å². The highest BCUT2D eigenvalue weighted by Gasteiger charge is 2.30. The van der Waals surface area contributed by atoms with Crippen LogP contribution in [0.3, 0.4) is 0 Å². The molecule has 0 spiro atoms. The minimum absolute atomic E-state index is 0.0105. The van der Waals surface area contributed by atoms with Gasteiger partial charge in [0.2, 0.25) is 5.91 Å². The number of hydrogen-bond donors (Lipinski definition) is 1. The van der Waals surface area contributed by atoms with Crippen molar-refractivity contribution in [3.8, 4) is 17.6 Å². The Morgan fingerprint density at radius 3 is 2.69 bits per heavy atom. The van der Waals surface area contributed by atoms with E-state index in [2.05, 4.69) is 17.2 Å². The lowest BCUT2D eigenvalue weighted by Crippen LogP contribution is -2.24. The lowest BCUT2D eigenvalue weighted by molar-refractivity contribution is -0.137. The molecule has 1 aromatic carbocycles. The van der Waals surface area contributed by atoms with Crippen LogP contribution in [0.5, 0.6) is 5.75 Å². The molecule has 1 saturated carbocycles. The van der Waals surface area contributed by atoms with Crippen molar-refractivity contribution in [3.05, 3.63) is 29.8 Å². The molecule has 6 heteroatoms. The number of carbonyl (C=O) groups excluding carboxylic acids is 1. The third-order valence-electron chi connectivity index (χ3n) is 4.48. The molecule has 1 amide bonds. The number of ether oxygens (including phenoxy) is 1. The van der Waals surface area contributed by atoms with Crippen LogP contribution in [0.1, 0.15) is 50.5 Å². The van der Waals surface area contributed by atoms with E-state index < -0.39 is 11.7 Å². The van der Waals surface area contributed by atoms with Crippen LogP contribution in [0.15, 0.2) is 24.3 Å². The van der Waals surface area contributed by atoms with Crippen molar-refractivity contribution in [3.63, 3.8) is 0 Å². The Hall–Kier alpha value is -2.16. The van der Waals surface area contributed by atoms with E-state index in [1.54, 1.807) is 0 Å². The zero-order chi connectivity index (χ0) is 18.8. The monoisotopic (exact) mass is 367 g/mol. The summed E-state index contributed by atoms with van der Waals surface area (Å²) in [5.74, 6) is 6.20. The molecule has 142 valence electrons. The molecule has 0 aliphatic heterocycles. The van der Waals surface area contributed by atoms with E-state index in [0.717, 1.165) is 18.6 Å². The van der Waals surface area contributed by atoms with Crippen LogP contribution in [0, 0.1) is 17.8 Å². The van der Waals surface area contributed by atoms with Crippen molar-refractivity contribution < 1.29 is 22.7 Å². The van der Waals surface area contributed by atoms with Crippen LogP contribution in [0.4, 0.5) is 13.2 Å². The number of nitrogens with one attached hydrogen (secondary N) is 1. The first-order valence-electron chi connectivity index (χ1n) is 8.97. The largest absolute Gasteiger partial charge is 0.481 e. The fraction of sp³-hybridized carbons (Fsp3) is 0.550. The summed E-state index contributed by atoms with van der Waals surface area (Å²) in [5, 5.41) is 2.73. The number of halogens is 3. The quantitative estimate of drug-likeness (QED) is 0.749. The van der Waals surface area contributed by atoms with Gasteiger partial charge < -0.3 is 10.1 Å². The average molecular weight is 367 g/mol. The van der Waals surface area contributed by atoms with Gasteiger partial charge in [-0.2, -0.15) is 13.2 Å². The maximum absolute atomic E-state index is 12.6. The molecule has 2 rings (SSSR count). The van der Waals surface area contributed by atoms with Crippen molar-refractivity contribution in [2.24, 2.45) is 5.92 Å². The Morgan fingerprint density at radius 2 is 1.96 bits per heavy atom. The van der Waals surface area contributed by atoms with Crippen LogP contribution in [-0.2, 0) is 11.0 Å². The number of rotatable bonds is 6. The van der Waals surface area contributed by atoms with E-state index in [0.29, 0.717) is 12.3 Å². The number of carbonyl (C=O) groups is 1. The topological polar surface area (TPSA) is 38.3 Å². The predicted molar refractivity (Wildman–Crippen MR) is 93.5 cm³/mol. The molecule has 1 N–H and O–H groups in total. The lowest BCUT2D eigenvalue weighted by atomic mass is 9.86. The van der Waals surface area contributed by atoms with Gasteiger partial charge in [-0.3, -0.25) is 4.79 Å². The van der Waals surface area contributed by atoms with Crippen LogP contribution in [0.25, 0.3) is 0 Å². The Bertz CT molecular complexity index is 640. The van der Waals surface area contributed by atoms with Gasteiger partial charge in [-0.05, 0) is 30.5 Å². The molecule has 0 bridgehead atoms. The van der Waals surface area contributed by atoms with Crippen molar-refractivity contribution in [2.45, 2.75) is 51.1 Å². The van der Waals surface area contributed by atoms with Gasteiger partial charge in [0.15, 0.2) is 0 Å². The molecular weight excluding hydrogens is 343 g/mol. The van der Waals surface area contributed by atoms with Gasteiger partial charge >= 0.3 is 6.18 Å². The van der Waals surface area contributed by atoms with Crippen LogP contribution >= 0.6 is 0 Å². The SMILES string of the molecule is O=C(CCC1CCCCC1)NCC#CCOc1cccc(C(F)(F)F)c1. The molecule has 0 heterocycles. The van der Waals surface area contributed by atoms with Crippen LogP contribution in [-0.4, -0.2) is 19.1 Å². The summed E-state index contributed by atoms with van der Waals surface area (Å²) in [6, 6.07) is 4.66. The van der Waals surface area contributed by atoms with Crippen LogP contribution < -0.4 is 10.1 Å². The van der Waals surface area contributed by atoms with Gasteiger partial charge in [-0.1, -0.05) is 50.0 Å². The maximum Gasteiger partial charge on any atom is 0.416 e. The van der Waals surface area contributed by atoms with E-state index in [1.165, 1.54) is 44.2 Å². The van der Waals surface area contributed by atoms with Gasteiger partial charge in [-0.15, -0.1) is 0 Å². The number of hydrogen-bond acceptors (Lipinski definition) is 2. The molecule has 1 aliphatic rings. The lowest BCUT2D eigenvalue weighted by Gasteiger charge is -2.20. The van der Waals surface area contributed by atoms with E-state index in [9.17, 15) is 18.0 Å². The second-order valence-electron chi connectivity index (χ2n) is 6.49. The van der Waals surface area contributed by atoms with Gasteiger partial charge in [-0.25, -0.2) is 0 Å². The first-order valence-corrected chi connectivity index (χ1v) is 8.97. The third kappa shape index (κ3) is 7.38. The molecule has 0 aromatic heterocycles. The summed E-state index contributed by atoms with van der Waals surface area (Å²) in [4.78, 5) is 11.8. The minimum Gasteiger partial charge on any atom is -0.481 e. The van der Waals surface area contributed by atoms with E-state index in [1.807, 2.05) is 0 Å². The molecule has 26 heavy (non-hydrogen) atoms. The summed E-state index contributed by atoms with van der Waals surface area (Å²) >= 11 is 0. The normalized spacial score (nSPS) is 15.0. The maximum atomic E-state index is 12.6. The molecular formula is C20H24F3NO2. The van der Waals surface area contributed by atoms with E-state index in [4.69, 9.17) is 4.74 Å². The Labute approximate surface area is 152 Å². The molecule has 3 nitrogen and oxygen atoms in total. The Kier molecular flexibility index (Phi) is 7.83. The fourth-order valence-corrected chi connectivity index (χ4v) is 3.04. The van der Waals surface area contributed by atoms with Gasteiger partial charge in [0.25, 0.3) is 0 Å². The summed E-state index contributed by atoms with van der Waals surface area (Å²) in [7, 11) is 0. The molecule has 0 unspecified atom stereocenters. The minimum atomic E-state index is -4.40. The van der Waals surface area contributed by atoms with E-state index in [-0.39, 0.29) is 24.8 Å². The van der Waals surface area contributed by atoms with Crippen molar-refractivity contribution in [1.82, 2.24) is 5.32 Å². The number of alkyl halides is 3. The zero-order valence-electron chi connectivity index (χ0n) is 14.7. The zero-order valence-corrected chi connectivity index (χ0v) is 14.7. The molecule has 0 radical (unpaired) electrons. The molecule has 1 aliphatic carbocycles. The number of benzene rings is 1. The molecule has 1 fully saturated rings. The Balaban J connectivity index is 1.62. The summed E-state index contributed by atoms with van der Waals surface area (Å²) < 4.78 is 43.0. The Morgan fingerprint density at radius 1 is 1.19 bits per heavy atom. The summed E-state index contributed by atoms with van der Waals surface area (Å²) in [6.07, 6.45) is 3.34. The van der Waals surface area contributed by atoms with Gasteiger partial charge in [0.1, 0.15) is 12.4 Å². The van der Waals surface area contributed by atoms with Crippen LogP contribution in [0.2, 0.25) is 0 Å². The highest BCUT2D eigenvalue weighted by molar-refractivity contribution is 5.76. The second-order valence-corrected chi connectivity index (χ2v) is 6.49. The highest BCUT2D eigenvalue weighted by Crippen LogP contribution is 2.31. The predicted octanol–water partition coefficient (Wildman–Crippen LogP) is 4.56. The summed E-state index contributed by atoms with van der Waals surface area (Å²) in [6.45, 7) is 0.189. The van der Waals surface area contributed by atoms with Crippen molar-refractivity contribution in [1.29, 1.82) is 0 Å². The average Bonchev–Trinajstić information content (AvgIpc) is 2.63. The molecule has 1 aromatic rings. The summed E-state index contributed by atoms with van der Waals surface area (Å²) in [5.41, 5.74) is -0.756. The first kappa shape index (κ1) is 20.2. The highest BCUT2D eigenvalue weighted by atomic mass is 19.4.